The van der Waals surface area contributed by atoms with Crippen LogP contribution in [-0.4, -0.2) is 31.3 Å². The molecule has 0 N–H and O–H groups in total. The minimum Gasteiger partial charge on any atom is -0.265 e. The Hall–Kier alpha value is -3.49. The fourth-order valence-corrected chi connectivity index (χ4v) is 5.14. The lowest BCUT2D eigenvalue weighted by Gasteiger charge is -2.29. The van der Waals surface area contributed by atoms with Gasteiger partial charge < -0.3 is 0 Å². The summed E-state index contributed by atoms with van der Waals surface area (Å²) in [6.07, 6.45) is 5.94. The predicted octanol–water partition coefficient (Wildman–Crippen LogP) is 6.55. The number of hydrogen-bond donors (Lipinski definition) is 0. The van der Waals surface area contributed by atoms with Gasteiger partial charge in [-0.05, 0) is 73.2 Å². The maximum Gasteiger partial charge on any atom is 0.320 e. The van der Waals surface area contributed by atoms with Crippen LogP contribution in [0.25, 0.3) is 6.08 Å². The summed E-state index contributed by atoms with van der Waals surface area (Å²) in [5, 5.41) is 23.3. The molecule has 2 aliphatic rings. The van der Waals surface area contributed by atoms with Crippen LogP contribution in [0.2, 0.25) is 10.0 Å². The molecule has 1 aliphatic heterocycles. The quantitative estimate of drug-likeness (QED) is 0.279. The van der Waals surface area contributed by atoms with Gasteiger partial charge in [0, 0.05) is 22.5 Å². The monoisotopic (exact) mass is 523 g/mol. The third kappa shape index (κ3) is 4.54. The van der Waals surface area contributed by atoms with Crippen molar-refractivity contribution in [1.29, 1.82) is 0 Å². The predicted molar refractivity (Wildman–Crippen MR) is 139 cm³/mol. The van der Waals surface area contributed by atoms with Crippen molar-refractivity contribution in [2.24, 2.45) is 11.0 Å². The molecular formula is C26H23Cl2N5O3. The van der Waals surface area contributed by atoms with E-state index >= 15 is 0 Å². The molecule has 1 fully saturated rings. The fourth-order valence-electron chi connectivity index (χ4n) is 4.89. The number of rotatable bonds is 5. The Bertz CT molecular complexity index is 1380. The molecule has 3 aromatic rings. The number of benzene rings is 2. The highest BCUT2D eigenvalue weighted by Gasteiger charge is 2.45. The van der Waals surface area contributed by atoms with Crippen LogP contribution in [0.15, 0.2) is 65.4 Å². The molecule has 0 saturated heterocycles. The van der Waals surface area contributed by atoms with Crippen LogP contribution in [0.3, 0.4) is 0 Å². The summed E-state index contributed by atoms with van der Waals surface area (Å²) in [5.74, 6) is -0.656. The number of aromatic nitrogens is 2. The lowest BCUT2D eigenvalue weighted by Crippen LogP contribution is -2.32. The first-order valence-electron chi connectivity index (χ1n) is 11.7. The van der Waals surface area contributed by atoms with Crippen LogP contribution in [-0.2, 0) is 6.54 Å². The Morgan fingerprint density at radius 2 is 1.81 bits per heavy atom. The number of amides is 1. The highest BCUT2D eigenvalue weighted by atomic mass is 35.5. The summed E-state index contributed by atoms with van der Waals surface area (Å²) in [6.45, 7) is 2.21. The second-order valence-electron chi connectivity index (χ2n) is 8.83. The van der Waals surface area contributed by atoms with E-state index in [0.717, 1.165) is 41.7 Å². The number of hydrazone groups is 1. The molecule has 8 nitrogen and oxygen atoms in total. The molecule has 0 bridgehead atoms. The number of carbonyl (C=O) groups excluding carboxylic acids is 1. The molecular weight excluding hydrogens is 501 g/mol. The van der Waals surface area contributed by atoms with Crippen molar-refractivity contribution in [3.63, 3.8) is 0 Å². The molecule has 1 saturated carbocycles. The number of nitro groups is 1. The fraction of sp³-hybridized carbons (Fsp3) is 0.269. The van der Waals surface area contributed by atoms with Crippen molar-refractivity contribution in [3.05, 3.63) is 97.3 Å². The SMILES string of the molecule is CCn1cc([N+](=O)[O-])c(C(=O)N2N=C3/C(=C/c4ccc(Cl)cc4)CCC[C@H]3[C@H]2c2ccc(Cl)cc2)n1. The molecule has 2 atom stereocenters. The Balaban J connectivity index is 1.60. The maximum absolute atomic E-state index is 13.8. The molecule has 0 unspecified atom stereocenters. The van der Waals surface area contributed by atoms with Gasteiger partial charge in [-0.25, -0.2) is 5.01 Å². The van der Waals surface area contributed by atoms with Crippen LogP contribution in [0.5, 0.6) is 0 Å². The number of hydrogen-bond acceptors (Lipinski definition) is 5. The van der Waals surface area contributed by atoms with E-state index in [2.05, 4.69) is 11.2 Å². The third-order valence-corrected chi connectivity index (χ3v) is 7.10. The van der Waals surface area contributed by atoms with E-state index in [1.54, 1.807) is 19.1 Å². The van der Waals surface area contributed by atoms with E-state index in [1.165, 1.54) is 15.9 Å². The number of carbonyl (C=O) groups is 1. The van der Waals surface area contributed by atoms with Gasteiger partial charge in [0.05, 0.1) is 16.7 Å². The standard InChI is InChI=1S/C26H23Cl2N5O3/c1-2-31-15-22(33(35)36)24(29-31)26(34)32-25(17-8-12-20(28)13-9-17)21-5-3-4-18(23(21)30-32)14-16-6-10-19(27)11-7-16/h6-15,21,25H,2-5H2,1H3/b18-14+/t21-,25-/m1/s1. The minimum absolute atomic E-state index is 0.0604. The number of halogens is 2. The molecule has 1 aromatic heterocycles. The largest absolute Gasteiger partial charge is 0.320 e. The van der Waals surface area contributed by atoms with E-state index in [0.29, 0.717) is 16.6 Å². The van der Waals surface area contributed by atoms with Gasteiger partial charge in [-0.2, -0.15) is 10.2 Å². The molecule has 184 valence electrons. The van der Waals surface area contributed by atoms with Crippen LogP contribution >= 0.6 is 23.2 Å². The van der Waals surface area contributed by atoms with Crippen molar-refractivity contribution in [3.8, 4) is 0 Å². The van der Waals surface area contributed by atoms with Gasteiger partial charge >= 0.3 is 11.6 Å². The molecule has 36 heavy (non-hydrogen) atoms. The summed E-state index contributed by atoms with van der Waals surface area (Å²) < 4.78 is 1.39. The van der Waals surface area contributed by atoms with Crippen LogP contribution < -0.4 is 0 Å². The average Bonchev–Trinajstić information content (AvgIpc) is 3.49. The van der Waals surface area contributed by atoms with Gasteiger partial charge in [0.1, 0.15) is 6.20 Å². The highest BCUT2D eigenvalue weighted by molar-refractivity contribution is 6.30. The molecule has 2 aromatic carbocycles. The summed E-state index contributed by atoms with van der Waals surface area (Å²) in [4.78, 5) is 24.9. The normalized spacial score (nSPS) is 20.4. The van der Waals surface area contributed by atoms with E-state index in [-0.39, 0.29) is 17.3 Å². The van der Waals surface area contributed by atoms with Crippen molar-refractivity contribution in [1.82, 2.24) is 14.8 Å². The van der Waals surface area contributed by atoms with E-state index < -0.39 is 16.9 Å². The Morgan fingerprint density at radius 3 is 2.44 bits per heavy atom. The zero-order valence-corrected chi connectivity index (χ0v) is 21.0. The van der Waals surface area contributed by atoms with Crippen molar-refractivity contribution in [2.75, 3.05) is 0 Å². The Morgan fingerprint density at radius 1 is 1.14 bits per heavy atom. The maximum atomic E-state index is 13.8. The second-order valence-corrected chi connectivity index (χ2v) is 9.70. The van der Waals surface area contributed by atoms with Crippen molar-refractivity contribution >= 4 is 46.6 Å². The smallest absolute Gasteiger partial charge is 0.265 e. The number of allylic oxidation sites excluding steroid dienone is 1. The molecule has 5 rings (SSSR count). The van der Waals surface area contributed by atoms with E-state index in [9.17, 15) is 14.9 Å². The topological polar surface area (TPSA) is 93.6 Å². The molecule has 10 heteroatoms. The Kier molecular flexibility index (Phi) is 6.64. The van der Waals surface area contributed by atoms with Gasteiger partial charge in [-0.15, -0.1) is 0 Å². The van der Waals surface area contributed by atoms with Gasteiger partial charge in [0.2, 0.25) is 5.69 Å². The van der Waals surface area contributed by atoms with Gasteiger partial charge in [0.25, 0.3) is 0 Å². The second kappa shape index (κ2) is 9.87. The van der Waals surface area contributed by atoms with Crippen molar-refractivity contribution < 1.29 is 9.72 Å². The van der Waals surface area contributed by atoms with Gasteiger partial charge in [-0.1, -0.05) is 47.5 Å². The third-order valence-electron chi connectivity index (χ3n) is 6.60. The van der Waals surface area contributed by atoms with Gasteiger partial charge in [0.15, 0.2) is 0 Å². The first kappa shape index (κ1) is 24.2. The summed E-state index contributed by atoms with van der Waals surface area (Å²) in [7, 11) is 0. The molecule has 2 heterocycles. The van der Waals surface area contributed by atoms with E-state index in [4.69, 9.17) is 28.3 Å². The van der Waals surface area contributed by atoms with Crippen molar-refractivity contribution in [2.45, 2.75) is 38.8 Å². The van der Waals surface area contributed by atoms with E-state index in [1.807, 2.05) is 36.4 Å². The summed E-state index contributed by atoms with van der Waals surface area (Å²) >= 11 is 12.2. The van der Waals surface area contributed by atoms with Gasteiger partial charge in [-0.3, -0.25) is 19.6 Å². The lowest BCUT2D eigenvalue weighted by molar-refractivity contribution is -0.385. The first-order chi connectivity index (χ1) is 17.4. The number of fused-ring (bicyclic) bond motifs is 1. The summed E-state index contributed by atoms with van der Waals surface area (Å²) in [6, 6.07) is 14.4. The van der Waals surface area contributed by atoms with Crippen LogP contribution in [0, 0.1) is 16.0 Å². The number of aryl methyl sites for hydroxylation is 1. The number of nitrogens with zero attached hydrogens (tertiary/aromatic N) is 5. The lowest BCUT2D eigenvalue weighted by atomic mass is 9.77. The molecule has 1 aliphatic carbocycles. The van der Waals surface area contributed by atoms with Crippen LogP contribution in [0.4, 0.5) is 5.69 Å². The molecule has 0 radical (unpaired) electrons. The highest BCUT2D eigenvalue weighted by Crippen LogP contribution is 2.45. The molecule has 0 spiro atoms. The summed E-state index contributed by atoms with van der Waals surface area (Å²) in [5.41, 5.74) is 3.17. The van der Waals surface area contributed by atoms with Crippen LogP contribution in [0.1, 0.15) is 53.8 Å². The molecule has 1 amide bonds. The zero-order valence-electron chi connectivity index (χ0n) is 19.5. The zero-order chi connectivity index (χ0) is 25.4. The average molecular weight is 524 g/mol. The minimum atomic E-state index is -0.596. The first-order valence-corrected chi connectivity index (χ1v) is 12.5. The Labute approximate surface area is 218 Å².